The number of halogens is 3. The predicted molar refractivity (Wildman–Crippen MR) is 99.4 cm³/mol. The number of rotatable bonds is 5. The molecule has 2 N–H and O–H groups in total. The van der Waals surface area contributed by atoms with Gasteiger partial charge in [-0.25, -0.2) is 0 Å². The van der Waals surface area contributed by atoms with E-state index in [2.05, 4.69) is 10.6 Å². The van der Waals surface area contributed by atoms with Crippen LogP contribution in [-0.2, 0) is 0 Å². The van der Waals surface area contributed by atoms with Gasteiger partial charge in [-0.2, -0.15) is 0 Å². The molecule has 1 atom stereocenters. The minimum Gasteiger partial charge on any atom is -0.362 e. The second-order valence-corrected chi connectivity index (χ2v) is 7.63. The molecule has 0 saturated heterocycles. The number of carbonyl (C=O) groups is 1. The highest BCUT2D eigenvalue weighted by Crippen LogP contribution is 2.31. The average Bonchev–Trinajstić information content (AvgIpc) is 2.55. The topological polar surface area (TPSA) is 84.3 Å². The number of aryl methyl sites for hydroxylation is 1. The van der Waals surface area contributed by atoms with Crippen LogP contribution in [0.15, 0.2) is 48.5 Å². The molecule has 0 aliphatic carbocycles. The normalized spacial score (nSPS) is 12.3. The fourth-order valence-corrected chi connectivity index (χ4v) is 2.32. The Morgan fingerprint density at radius 3 is 2.36 bits per heavy atom. The Labute approximate surface area is 159 Å². The molecule has 0 fully saturated rings. The standard InChI is InChI=1S/C16H14Cl3N3O3/c1-10-5-7-12(8-6-10)20-15(16(17,18)19)21-14(23)11-3-2-4-13(9-11)22(24)25/h2-9,15,20H,1H3,(H,21,23)/t15-/m1/s1. The first-order chi connectivity index (χ1) is 11.7. The molecule has 2 rings (SSSR count). The predicted octanol–water partition coefficient (Wildman–Crippen LogP) is 4.44. The molecule has 0 aromatic heterocycles. The molecule has 1 amide bonds. The Morgan fingerprint density at radius 2 is 1.80 bits per heavy atom. The van der Waals surface area contributed by atoms with Crippen molar-refractivity contribution in [1.82, 2.24) is 5.32 Å². The third-order valence-corrected chi connectivity index (χ3v) is 3.94. The zero-order valence-electron chi connectivity index (χ0n) is 13.0. The van der Waals surface area contributed by atoms with Crippen LogP contribution in [0.5, 0.6) is 0 Å². The van der Waals surface area contributed by atoms with E-state index in [0.717, 1.165) is 11.6 Å². The summed E-state index contributed by atoms with van der Waals surface area (Å²) in [6.45, 7) is 1.93. The molecule has 0 aliphatic rings. The van der Waals surface area contributed by atoms with Gasteiger partial charge in [0.2, 0.25) is 3.79 Å². The van der Waals surface area contributed by atoms with E-state index >= 15 is 0 Å². The molecule has 0 aliphatic heterocycles. The highest BCUT2D eigenvalue weighted by Gasteiger charge is 2.34. The van der Waals surface area contributed by atoms with E-state index in [1.54, 1.807) is 12.1 Å². The molecule has 0 heterocycles. The van der Waals surface area contributed by atoms with Crippen molar-refractivity contribution in [3.63, 3.8) is 0 Å². The van der Waals surface area contributed by atoms with Crippen LogP contribution >= 0.6 is 34.8 Å². The summed E-state index contributed by atoms with van der Waals surface area (Å²) in [6, 6.07) is 12.6. The van der Waals surface area contributed by atoms with Gasteiger partial charge in [-0.1, -0.05) is 58.6 Å². The molecular weight excluding hydrogens is 389 g/mol. The third-order valence-electron chi connectivity index (χ3n) is 3.28. The van der Waals surface area contributed by atoms with Crippen LogP contribution in [0, 0.1) is 17.0 Å². The number of nitrogens with one attached hydrogen (secondary N) is 2. The first kappa shape index (κ1) is 19.3. The maximum absolute atomic E-state index is 12.4. The van der Waals surface area contributed by atoms with Gasteiger partial charge >= 0.3 is 0 Å². The first-order valence-electron chi connectivity index (χ1n) is 7.12. The van der Waals surface area contributed by atoms with Crippen LogP contribution in [0.3, 0.4) is 0 Å². The van der Waals surface area contributed by atoms with Crippen molar-refractivity contribution >= 4 is 52.1 Å². The number of nitrogens with zero attached hydrogens (tertiary/aromatic N) is 1. The lowest BCUT2D eigenvalue weighted by Crippen LogP contribution is -2.49. The van der Waals surface area contributed by atoms with Gasteiger partial charge in [-0.3, -0.25) is 14.9 Å². The van der Waals surface area contributed by atoms with Crippen LogP contribution in [0.2, 0.25) is 0 Å². The lowest BCUT2D eigenvalue weighted by atomic mass is 10.2. The molecule has 0 bridgehead atoms. The maximum Gasteiger partial charge on any atom is 0.270 e. The highest BCUT2D eigenvalue weighted by atomic mass is 35.6. The van der Waals surface area contributed by atoms with Crippen molar-refractivity contribution in [2.45, 2.75) is 16.9 Å². The summed E-state index contributed by atoms with van der Waals surface area (Å²) in [4.78, 5) is 22.6. The Balaban J connectivity index is 2.19. The van der Waals surface area contributed by atoms with E-state index < -0.39 is 20.8 Å². The summed E-state index contributed by atoms with van der Waals surface area (Å²) in [5.41, 5.74) is 1.57. The van der Waals surface area contributed by atoms with Gasteiger partial charge in [0.15, 0.2) is 0 Å². The number of amides is 1. The summed E-state index contributed by atoms with van der Waals surface area (Å²) in [5, 5.41) is 16.3. The minimum absolute atomic E-state index is 0.0826. The van der Waals surface area contributed by atoms with Gasteiger partial charge in [-0.05, 0) is 25.1 Å². The number of hydrogen-bond donors (Lipinski definition) is 2. The Hall–Kier alpha value is -2.02. The van der Waals surface area contributed by atoms with Crippen molar-refractivity contribution in [3.8, 4) is 0 Å². The van der Waals surface area contributed by atoms with Crippen LogP contribution in [-0.4, -0.2) is 20.8 Å². The monoisotopic (exact) mass is 401 g/mol. The zero-order chi connectivity index (χ0) is 18.6. The van der Waals surface area contributed by atoms with Crippen LogP contribution in [0.25, 0.3) is 0 Å². The maximum atomic E-state index is 12.4. The van der Waals surface area contributed by atoms with Gasteiger partial charge in [-0.15, -0.1) is 0 Å². The summed E-state index contributed by atoms with van der Waals surface area (Å²) >= 11 is 17.8. The van der Waals surface area contributed by atoms with Crippen LogP contribution < -0.4 is 10.6 Å². The van der Waals surface area contributed by atoms with Gasteiger partial charge in [0.1, 0.15) is 6.17 Å². The number of non-ortho nitro benzene ring substituents is 1. The summed E-state index contributed by atoms with van der Waals surface area (Å²) < 4.78 is -1.85. The summed E-state index contributed by atoms with van der Waals surface area (Å²) in [7, 11) is 0. The number of anilines is 1. The van der Waals surface area contributed by atoms with Gasteiger partial charge < -0.3 is 10.6 Å². The van der Waals surface area contributed by atoms with Crippen LogP contribution in [0.4, 0.5) is 11.4 Å². The largest absolute Gasteiger partial charge is 0.362 e. The van der Waals surface area contributed by atoms with E-state index in [1.165, 1.54) is 18.2 Å². The van der Waals surface area contributed by atoms with Crippen molar-refractivity contribution in [1.29, 1.82) is 0 Å². The molecule has 0 saturated carbocycles. The molecule has 0 unspecified atom stereocenters. The fraction of sp³-hybridized carbons (Fsp3) is 0.188. The lowest BCUT2D eigenvalue weighted by Gasteiger charge is -2.27. The smallest absolute Gasteiger partial charge is 0.270 e. The number of alkyl halides is 3. The molecule has 0 radical (unpaired) electrons. The van der Waals surface area contributed by atoms with Crippen molar-refractivity contribution in [3.05, 3.63) is 69.8 Å². The summed E-state index contributed by atoms with van der Waals surface area (Å²) in [6.07, 6.45) is -1.05. The number of carbonyl (C=O) groups excluding carboxylic acids is 1. The molecule has 25 heavy (non-hydrogen) atoms. The number of benzene rings is 2. The molecule has 2 aromatic carbocycles. The lowest BCUT2D eigenvalue weighted by molar-refractivity contribution is -0.384. The number of hydrogen-bond acceptors (Lipinski definition) is 4. The molecule has 132 valence electrons. The second kappa shape index (κ2) is 7.91. The van der Waals surface area contributed by atoms with Gasteiger partial charge in [0.25, 0.3) is 11.6 Å². The Kier molecular flexibility index (Phi) is 6.11. The van der Waals surface area contributed by atoms with E-state index in [9.17, 15) is 14.9 Å². The van der Waals surface area contributed by atoms with Gasteiger partial charge in [0, 0.05) is 23.4 Å². The Bertz CT molecular complexity index is 776. The number of nitro benzene ring substituents is 1. The third kappa shape index (κ3) is 5.49. The quantitative estimate of drug-likeness (QED) is 0.335. The minimum atomic E-state index is -1.85. The molecular formula is C16H14Cl3N3O3. The summed E-state index contributed by atoms with van der Waals surface area (Å²) in [5.74, 6) is -0.611. The fourth-order valence-electron chi connectivity index (χ4n) is 1.99. The highest BCUT2D eigenvalue weighted by molar-refractivity contribution is 6.68. The van der Waals surface area contributed by atoms with Crippen molar-refractivity contribution < 1.29 is 9.72 Å². The van der Waals surface area contributed by atoms with Crippen molar-refractivity contribution in [2.75, 3.05) is 5.32 Å². The average molecular weight is 403 g/mol. The SMILES string of the molecule is Cc1ccc(N[C@H](NC(=O)c2cccc([N+](=O)[O-])c2)C(Cl)(Cl)Cl)cc1. The van der Waals surface area contributed by atoms with Crippen LogP contribution in [0.1, 0.15) is 15.9 Å². The van der Waals surface area contributed by atoms with E-state index in [4.69, 9.17) is 34.8 Å². The van der Waals surface area contributed by atoms with E-state index in [0.29, 0.717) is 5.69 Å². The molecule has 0 spiro atoms. The number of nitro groups is 1. The first-order valence-corrected chi connectivity index (χ1v) is 8.25. The molecule has 9 heteroatoms. The van der Waals surface area contributed by atoms with E-state index in [-0.39, 0.29) is 11.3 Å². The van der Waals surface area contributed by atoms with Gasteiger partial charge in [0.05, 0.1) is 4.92 Å². The Morgan fingerprint density at radius 1 is 1.16 bits per heavy atom. The second-order valence-electron chi connectivity index (χ2n) is 5.27. The molecule has 6 nitrogen and oxygen atoms in total. The molecule has 2 aromatic rings. The van der Waals surface area contributed by atoms with Crippen molar-refractivity contribution in [2.24, 2.45) is 0 Å². The zero-order valence-corrected chi connectivity index (χ0v) is 15.3. The van der Waals surface area contributed by atoms with E-state index in [1.807, 2.05) is 19.1 Å².